The van der Waals surface area contributed by atoms with Gasteiger partial charge < -0.3 is 10.6 Å². The van der Waals surface area contributed by atoms with Gasteiger partial charge in [0.25, 0.3) is 5.91 Å². The van der Waals surface area contributed by atoms with E-state index in [4.69, 9.17) is 0 Å². The molecule has 2 saturated carbocycles. The Bertz CT molecular complexity index is 823. The number of carbonyl (C=O) groups is 1. The number of alkyl halides is 3. The van der Waals surface area contributed by atoms with Crippen LogP contribution in [0.15, 0.2) is 12.4 Å². The van der Waals surface area contributed by atoms with Gasteiger partial charge in [0.15, 0.2) is 11.3 Å². The van der Waals surface area contributed by atoms with Gasteiger partial charge >= 0.3 is 6.18 Å². The topological polar surface area (TPSA) is 71.3 Å². The monoisotopic (exact) mass is 353 g/mol. The van der Waals surface area contributed by atoms with Gasteiger partial charge in [-0.05, 0) is 38.5 Å². The van der Waals surface area contributed by atoms with Crippen molar-refractivity contribution in [1.82, 2.24) is 19.7 Å². The number of rotatable bonds is 5. The molecule has 2 aliphatic rings. The largest absolute Gasteiger partial charge is 0.408 e. The van der Waals surface area contributed by atoms with Crippen molar-refractivity contribution < 1.29 is 18.0 Å². The molecule has 0 aromatic carbocycles. The quantitative estimate of drug-likeness (QED) is 0.867. The van der Waals surface area contributed by atoms with Crippen LogP contribution in [0, 0.1) is 12.8 Å². The van der Waals surface area contributed by atoms with Gasteiger partial charge in [0.1, 0.15) is 18.2 Å². The molecule has 0 saturated heterocycles. The summed E-state index contributed by atoms with van der Waals surface area (Å²) in [7, 11) is 0. The molecule has 0 radical (unpaired) electrons. The van der Waals surface area contributed by atoms with Crippen molar-refractivity contribution in [3.63, 3.8) is 0 Å². The molecular formula is C16H18F3N5O. The molecule has 1 amide bonds. The number of anilines is 1. The highest BCUT2D eigenvalue weighted by molar-refractivity contribution is 5.98. The minimum absolute atomic E-state index is 0.0857. The SMILES string of the molecule is Cc1cc(NC2CC2)nc2c(C(=O)NC(C3CC3)C(F)(F)F)ncn12. The molecule has 9 heteroatoms. The van der Waals surface area contributed by atoms with Crippen molar-refractivity contribution >= 4 is 17.4 Å². The van der Waals surface area contributed by atoms with Crippen LogP contribution in [0.2, 0.25) is 0 Å². The highest BCUT2D eigenvalue weighted by Crippen LogP contribution is 2.40. The van der Waals surface area contributed by atoms with Crippen LogP contribution in [0.3, 0.4) is 0 Å². The Labute approximate surface area is 141 Å². The molecule has 134 valence electrons. The van der Waals surface area contributed by atoms with Crippen LogP contribution in [-0.2, 0) is 0 Å². The van der Waals surface area contributed by atoms with E-state index < -0.39 is 24.0 Å². The van der Waals surface area contributed by atoms with Crippen LogP contribution in [0.5, 0.6) is 0 Å². The molecule has 0 bridgehead atoms. The molecule has 25 heavy (non-hydrogen) atoms. The molecule has 4 rings (SSSR count). The van der Waals surface area contributed by atoms with Crippen LogP contribution >= 0.6 is 0 Å². The van der Waals surface area contributed by atoms with Crippen LogP contribution in [0.25, 0.3) is 5.65 Å². The first kappa shape index (κ1) is 16.2. The Morgan fingerprint density at radius 3 is 2.64 bits per heavy atom. The lowest BCUT2D eigenvalue weighted by molar-refractivity contribution is -0.158. The first-order chi connectivity index (χ1) is 11.8. The fourth-order valence-electron chi connectivity index (χ4n) is 2.90. The fourth-order valence-corrected chi connectivity index (χ4v) is 2.90. The summed E-state index contributed by atoms with van der Waals surface area (Å²) in [6.45, 7) is 1.83. The predicted molar refractivity (Wildman–Crippen MR) is 84.4 cm³/mol. The summed E-state index contributed by atoms with van der Waals surface area (Å²) >= 11 is 0. The summed E-state index contributed by atoms with van der Waals surface area (Å²) in [5, 5.41) is 5.34. The van der Waals surface area contributed by atoms with Gasteiger partial charge in [0.2, 0.25) is 0 Å². The van der Waals surface area contributed by atoms with Crippen molar-refractivity contribution in [2.45, 2.75) is 50.9 Å². The third-order valence-corrected chi connectivity index (χ3v) is 4.57. The van der Waals surface area contributed by atoms with Crippen molar-refractivity contribution in [3.05, 3.63) is 23.8 Å². The number of hydrogen-bond donors (Lipinski definition) is 2. The number of nitrogens with one attached hydrogen (secondary N) is 2. The standard InChI is InChI=1S/C16H18F3N5O/c1-8-6-11(21-10-4-5-10)22-14-12(20-7-24(8)14)15(25)23-13(9-2-3-9)16(17,18)19/h6-7,9-10,13H,2-5H2,1H3,(H,21,22)(H,23,25). The second-order valence-electron chi connectivity index (χ2n) is 6.82. The molecule has 2 heterocycles. The third kappa shape index (κ3) is 3.27. The van der Waals surface area contributed by atoms with Crippen molar-refractivity contribution in [1.29, 1.82) is 0 Å². The van der Waals surface area contributed by atoms with Gasteiger partial charge in [-0.2, -0.15) is 13.2 Å². The van der Waals surface area contributed by atoms with Crippen molar-refractivity contribution in [2.75, 3.05) is 5.32 Å². The Hall–Kier alpha value is -2.32. The Morgan fingerprint density at radius 1 is 1.32 bits per heavy atom. The van der Waals surface area contributed by atoms with Crippen molar-refractivity contribution in [2.24, 2.45) is 5.92 Å². The minimum atomic E-state index is -4.46. The number of amides is 1. The zero-order valence-corrected chi connectivity index (χ0v) is 13.6. The lowest BCUT2D eigenvalue weighted by Gasteiger charge is -2.20. The summed E-state index contributed by atoms with van der Waals surface area (Å²) in [6.07, 6.45) is 0.0182. The molecule has 2 fully saturated rings. The number of hydrogen-bond acceptors (Lipinski definition) is 4. The zero-order valence-electron chi connectivity index (χ0n) is 13.6. The molecule has 2 aromatic rings. The summed E-state index contributed by atoms with van der Waals surface area (Å²) in [6, 6.07) is 0.377. The second-order valence-corrected chi connectivity index (χ2v) is 6.82. The van der Waals surface area contributed by atoms with E-state index in [0.29, 0.717) is 24.7 Å². The maximum Gasteiger partial charge on any atom is 0.408 e. The lowest BCUT2D eigenvalue weighted by Crippen LogP contribution is -2.47. The number of imidazole rings is 1. The first-order valence-corrected chi connectivity index (χ1v) is 8.32. The predicted octanol–water partition coefficient (Wildman–Crippen LogP) is 2.68. The molecule has 0 spiro atoms. The molecule has 0 aliphatic heterocycles. The summed E-state index contributed by atoms with van der Waals surface area (Å²) in [5.74, 6) is -0.775. The Kier molecular flexibility index (Phi) is 3.62. The summed E-state index contributed by atoms with van der Waals surface area (Å²) in [5.41, 5.74) is 0.976. The molecule has 6 nitrogen and oxygen atoms in total. The van der Waals surface area contributed by atoms with Gasteiger partial charge in [-0.15, -0.1) is 0 Å². The lowest BCUT2D eigenvalue weighted by atomic mass is 10.1. The normalized spacial score (nSPS) is 19.0. The highest BCUT2D eigenvalue weighted by Gasteiger charge is 2.50. The average Bonchev–Trinajstić information content (AvgIpc) is 3.43. The number of fused-ring (bicyclic) bond motifs is 1. The Balaban J connectivity index is 1.63. The third-order valence-electron chi connectivity index (χ3n) is 4.57. The van der Waals surface area contributed by atoms with E-state index in [-0.39, 0.29) is 11.3 Å². The molecule has 1 atom stereocenters. The van der Waals surface area contributed by atoms with Gasteiger partial charge in [0, 0.05) is 17.8 Å². The number of aryl methyl sites for hydroxylation is 1. The van der Waals surface area contributed by atoms with Gasteiger partial charge in [0.05, 0.1) is 0 Å². The average molecular weight is 353 g/mol. The number of nitrogens with zero attached hydrogens (tertiary/aromatic N) is 3. The maximum absolute atomic E-state index is 13.1. The van der Waals surface area contributed by atoms with E-state index in [0.717, 1.165) is 18.5 Å². The molecule has 2 N–H and O–H groups in total. The van der Waals surface area contributed by atoms with E-state index in [1.54, 1.807) is 4.40 Å². The highest BCUT2D eigenvalue weighted by atomic mass is 19.4. The van der Waals surface area contributed by atoms with Crippen LogP contribution in [0.1, 0.15) is 41.9 Å². The number of halogens is 3. The molecule has 1 unspecified atom stereocenters. The fraction of sp³-hybridized carbons (Fsp3) is 0.562. The van der Waals surface area contributed by atoms with Crippen LogP contribution < -0.4 is 10.6 Å². The molecular weight excluding hydrogens is 335 g/mol. The van der Waals surface area contributed by atoms with E-state index in [1.807, 2.05) is 13.0 Å². The van der Waals surface area contributed by atoms with Crippen molar-refractivity contribution in [3.8, 4) is 0 Å². The maximum atomic E-state index is 13.1. The number of aromatic nitrogens is 3. The van der Waals surface area contributed by atoms with Crippen LogP contribution in [0.4, 0.5) is 19.0 Å². The zero-order chi connectivity index (χ0) is 17.8. The van der Waals surface area contributed by atoms with Gasteiger partial charge in [-0.3, -0.25) is 9.20 Å². The molecule has 2 aliphatic carbocycles. The minimum Gasteiger partial charge on any atom is -0.367 e. The van der Waals surface area contributed by atoms with E-state index in [1.165, 1.54) is 6.33 Å². The van der Waals surface area contributed by atoms with Gasteiger partial charge in [-0.1, -0.05) is 0 Å². The molecule has 2 aromatic heterocycles. The smallest absolute Gasteiger partial charge is 0.367 e. The first-order valence-electron chi connectivity index (χ1n) is 8.32. The summed E-state index contributed by atoms with van der Waals surface area (Å²) in [4.78, 5) is 20.8. The van der Waals surface area contributed by atoms with Crippen LogP contribution in [-0.4, -0.2) is 38.5 Å². The van der Waals surface area contributed by atoms with E-state index in [2.05, 4.69) is 20.6 Å². The van der Waals surface area contributed by atoms with E-state index >= 15 is 0 Å². The second kappa shape index (κ2) is 5.60. The Morgan fingerprint density at radius 2 is 2.04 bits per heavy atom. The van der Waals surface area contributed by atoms with Gasteiger partial charge in [-0.25, -0.2) is 9.97 Å². The number of carbonyl (C=O) groups excluding carboxylic acids is 1. The van der Waals surface area contributed by atoms with E-state index in [9.17, 15) is 18.0 Å². The summed E-state index contributed by atoms with van der Waals surface area (Å²) < 4.78 is 41.0.